The topological polar surface area (TPSA) is 96.0 Å². The van der Waals surface area contributed by atoms with Crippen LogP contribution in [-0.2, 0) is 4.84 Å². The first-order valence-corrected chi connectivity index (χ1v) is 7.90. The number of aromatic nitrogens is 4. The lowest BCUT2D eigenvalue weighted by Crippen LogP contribution is -2.30. The zero-order chi connectivity index (χ0) is 16.7. The van der Waals surface area contributed by atoms with Crippen LogP contribution in [0.2, 0.25) is 0 Å². The molecule has 124 valence electrons. The second-order valence-electron chi connectivity index (χ2n) is 5.92. The molecule has 1 aliphatic rings. The Hall–Kier alpha value is -2.74. The van der Waals surface area contributed by atoms with E-state index in [2.05, 4.69) is 20.3 Å². The molecular formula is C16H18N6O2. The average Bonchev–Trinajstić information content (AvgIpc) is 3.22. The van der Waals surface area contributed by atoms with Gasteiger partial charge in [-0.2, -0.15) is 0 Å². The number of hydrogen-bond acceptors (Lipinski definition) is 6. The van der Waals surface area contributed by atoms with Crippen LogP contribution in [0.5, 0.6) is 0 Å². The van der Waals surface area contributed by atoms with Crippen molar-refractivity contribution in [1.29, 1.82) is 0 Å². The van der Waals surface area contributed by atoms with E-state index >= 15 is 0 Å². The third kappa shape index (κ3) is 2.44. The van der Waals surface area contributed by atoms with Gasteiger partial charge in [0.15, 0.2) is 0 Å². The van der Waals surface area contributed by atoms with E-state index in [0.717, 1.165) is 39.9 Å². The predicted molar refractivity (Wildman–Crippen MR) is 88.4 cm³/mol. The number of nitrogens with one attached hydrogen (secondary N) is 2. The number of H-pyrrole nitrogens is 1. The van der Waals surface area contributed by atoms with Crippen molar-refractivity contribution in [1.82, 2.24) is 30.3 Å². The number of aromatic amines is 1. The Labute approximate surface area is 138 Å². The summed E-state index contributed by atoms with van der Waals surface area (Å²) < 4.78 is 0. The summed E-state index contributed by atoms with van der Waals surface area (Å²) in [7, 11) is 1.55. The fourth-order valence-electron chi connectivity index (χ4n) is 3.27. The summed E-state index contributed by atoms with van der Waals surface area (Å²) in [6.07, 6.45) is 4.07. The third-order valence-electron chi connectivity index (χ3n) is 4.34. The minimum Gasteiger partial charge on any atom is -0.351 e. The largest absolute Gasteiger partial charge is 0.426 e. The van der Waals surface area contributed by atoms with E-state index in [1.165, 1.54) is 0 Å². The first kappa shape index (κ1) is 14.8. The van der Waals surface area contributed by atoms with Gasteiger partial charge >= 0.3 is 6.09 Å². The molecule has 1 unspecified atom stereocenters. The summed E-state index contributed by atoms with van der Waals surface area (Å²) in [6.45, 7) is 3.19. The Morgan fingerprint density at radius 2 is 2.33 bits per heavy atom. The maximum atomic E-state index is 11.4. The van der Waals surface area contributed by atoms with Gasteiger partial charge < -0.3 is 15.1 Å². The van der Waals surface area contributed by atoms with E-state index in [-0.39, 0.29) is 5.92 Å². The minimum atomic E-state index is -0.448. The van der Waals surface area contributed by atoms with Crippen LogP contribution in [0.3, 0.4) is 0 Å². The summed E-state index contributed by atoms with van der Waals surface area (Å²) in [4.78, 5) is 33.4. The maximum Gasteiger partial charge on any atom is 0.426 e. The van der Waals surface area contributed by atoms with E-state index < -0.39 is 6.09 Å². The molecule has 4 rings (SSSR count). The van der Waals surface area contributed by atoms with Crippen LogP contribution in [0.25, 0.3) is 21.9 Å². The molecule has 0 bridgehead atoms. The van der Waals surface area contributed by atoms with Gasteiger partial charge in [0.2, 0.25) is 0 Å². The predicted octanol–water partition coefficient (Wildman–Crippen LogP) is 1.87. The highest BCUT2D eigenvalue weighted by atomic mass is 16.7. The van der Waals surface area contributed by atoms with Gasteiger partial charge in [-0.15, -0.1) is 5.06 Å². The fourth-order valence-corrected chi connectivity index (χ4v) is 3.27. The highest BCUT2D eigenvalue weighted by Gasteiger charge is 2.30. The normalized spacial score (nSPS) is 18.3. The number of amides is 1. The molecule has 1 amide bonds. The molecule has 0 aliphatic carbocycles. The molecule has 1 saturated heterocycles. The van der Waals surface area contributed by atoms with Crippen molar-refractivity contribution in [3.8, 4) is 0 Å². The number of pyridine rings is 1. The summed E-state index contributed by atoms with van der Waals surface area (Å²) in [6, 6.07) is 2.00. The number of fused-ring (bicyclic) bond motifs is 3. The summed E-state index contributed by atoms with van der Waals surface area (Å²) >= 11 is 0. The molecule has 1 atom stereocenters. The zero-order valence-electron chi connectivity index (χ0n) is 13.5. The SMILES string of the molecule is CNC(=O)ON1CCC(c2nc(C)nc3cnc4[nH]ccc4c23)C1. The van der Waals surface area contributed by atoms with Gasteiger partial charge in [-0.05, 0) is 19.4 Å². The molecule has 1 fully saturated rings. The maximum absolute atomic E-state index is 11.4. The average molecular weight is 326 g/mol. The highest BCUT2D eigenvalue weighted by molar-refractivity contribution is 6.04. The summed E-state index contributed by atoms with van der Waals surface area (Å²) in [5, 5.41) is 6.20. The second kappa shape index (κ2) is 5.72. The molecular weight excluding hydrogens is 308 g/mol. The van der Waals surface area contributed by atoms with Gasteiger partial charge in [0.1, 0.15) is 11.5 Å². The highest BCUT2D eigenvalue weighted by Crippen LogP contribution is 2.33. The van der Waals surface area contributed by atoms with Gasteiger partial charge in [-0.1, -0.05) is 0 Å². The Balaban J connectivity index is 1.76. The van der Waals surface area contributed by atoms with Crippen LogP contribution >= 0.6 is 0 Å². The quantitative estimate of drug-likeness (QED) is 0.746. The number of carbonyl (C=O) groups excluding carboxylic acids is 1. The number of nitrogens with zero attached hydrogens (tertiary/aromatic N) is 4. The van der Waals surface area contributed by atoms with Crippen LogP contribution in [0.4, 0.5) is 4.79 Å². The first-order valence-electron chi connectivity index (χ1n) is 7.90. The van der Waals surface area contributed by atoms with E-state index in [4.69, 9.17) is 9.82 Å². The number of hydrogen-bond donors (Lipinski definition) is 2. The Bertz CT molecular complexity index is 921. The van der Waals surface area contributed by atoms with Crippen LogP contribution in [0.15, 0.2) is 18.5 Å². The third-order valence-corrected chi connectivity index (χ3v) is 4.34. The van der Waals surface area contributed by atoms with Crippen molar-refractivity contribution in [2.45, 2.75) is 19.3 Å². The lowest BCUT2D eigenvalue weighted by atomic mass is 9.99. The van der Waals surface area contributed by atoms with Crippen LogP contribution < -0.4 is 5.32 Å². The Morgan fingerprint density at radius 1 is 1.46 bits per heavy atom. The van der Waals surface area contributed by atoms with Crippen molar-refractivity contribution in [2.75, 3.05) is 20.1 Å². The first-order chi connectivity index (χ1) is 11.7. The van der Waals surface area contributed by atoms with Crippen molar-refractivity contribution < 1.29 is 9.63 Å². The van der Waals surface area contributed by atoms with E-state index in [0.29, 0.717) is 13.1 Å². The molecule has 3 aromatic rings. The van der Waals surface area contributed by atoms with Gasteiger partial charge in [-0.25, -0.2) is 19.7 Å². The standard InChI is InChI=1S/C16H18N6O2/c1-9-20-12-7-19-15-11(3-5-18-15)13(12)14(21-9)10-4-6-22(8-10)24-16(23)17-2/h3,5,7,10H,4,6,8H2,1-2H3,(H,17,23)(H,18,19). The van der Waals surface area contributed by atoms with Crippen molar-refractivity contribution in [3.63, 3.8) is 0 Å². The van der Waals surface area contributed by atoms with Gasteiger partial charge in [0.05, 0.1) is 17.4 Å². The van der Waals surface area contributed by atoms with Gasteiger partial charge in [0, 0.05) is 43.0 Å². The van der Waals surface area contributed by atoms with E-state index in [1.54, 1.807) is 18.3 Å². The number of hydroxylamine groups is 2. The zero-order valence-corrected chi connectivity index (χ0v) is 13.5. The Kier molecular flexibility index (Phi) is 3.53. The summed E-state index contributed by atoms with van der Waals surface area (Å²) in [5.74, 6) is 0.902. The van der Waals surface area contributed by atoms with Crippen molar-refractivity contribution >= 4 is 28.0 Å². The molecule has 24 heavy (non-hydrogen) atoms. The molecule has 8 heteroatoms. The van der Waals surface area contributed by atoms with Crippen molar-refractivity contribution in [2.24, 2.45) is 0 Å². The van der Waals surface area contributed by atoms with Gasteiger partial charge in [-0.3, -0.25) is 0 Å². The lowest BCUT2D eigenvalue weighted by Gasteiger charge is -2.16. The second-order valence-corrected chi connectivity index (χ2v) is 5.92. The van der Waals surface area contributed by atoms with Crippen LogP contribution in [0, 0.1) is 6.92 Å². The molecule has 1 aliphatic heterocycles. The molecule has 0 aromatic carbocycles. The van der Waals surface area contributed by atoms with E-state index in [9.17, 15) is 4.79 Å². The monoisotopic (exact) mass is 326 g/mol. The van der Waals surface area contributed by atoms with Crippen molar-refractivity contribution in [3.05, 3.63) is 30.0 Å². The van der Waals surface area contributed by atoms with Gasteiger partial charge in [0.25, 0.3) is 0 Å². The van der Waals surface area contributed by atoms with E-state index in [1.807, 2.05) is 19.2 Å². The molecule has 2 N–H and O–H groups in total. The van der Waals surface area contributed by atoms with Crippen LogP contribution in [0.1, 0.15) is 23.9 Å². The van der Waals surface area contributed by atoms with Crippen LogP contribution in [-0.4, -0.2) is 51.2 Å². The molecule has 0 spiro atoms. The molecule has 8 nitrogen and oxygen atoms in total. The lowest BCUT2D eigenvalue weighted by molar-refractivity contribution is -0.0807. The number of rotatable bonds is 2. The number of carbonyl (C=O) groups is 1. The molecule has 3 aromatic heterocycles. The Morgan fingerprint density at radius 3 is 3.17 bits per heavy atom. The molecule has 4 heterocycles. The summed E-state index contributed by atoms with van der Waals surface area (Å²) in [5.41, 5.74) is 2.66. The fraction of sp³-hybridized carbons (Fsp3) is 0.375. The smallest absolute Gasteiger partial charge is 0.351 e. The molecule has 0 radical (unpaired) electrons. The minimum absolute atomic E-state index is 0.180. The molecule has 0 saturated carbocycles. The number of aryl methyl sites for hydroxylation is 1.